The Balaban J connectivity index is 2.64. The normalized spacial score (nSPS) is 11.0. The summed E-state index contributed by atoms with van der Waals surface area (Å²) < 4.78 is 30.2. The van der Waals surface area contributed by atoms with Crippen LogP contribution in [0.15, 0.2) is 29.2 Å². The van der Waals surface area contributed by atoms with Crippen LogP contribution in [0.1, 0.15) is 5.56 Å². The highest BCUT2D eigenvalue weighted by Gasteiger charge is 2.16. The number of nitrogens with one attached hydrogen (secondary N) is 2. The van der Waals surface area contributed by atoms with Gasteiger partial charge in [-0.05, 0) is 19.1 Å². The lowest BCUT2D eigenvalue weighted by Gasteiger charge is -2.08. The molecule has 0 saturated heterocycles. The van der Waals surface area contributed by atoms with Gasteiger partial charge in [-0.1, -0.05) is 17.7 Å². The van der Waals surface area contributed by atoms with Gasteiger partial charge in [0, 0.05) is 13.7 Å². The van der Waals surface area contributed by atoms with Crippen LogP contribution in [0.5, 0.6) is 0 Å². The third-order valence-electron chi connectivity index (χ3n) is 2.15. The van der Waals surface area contributed by atoms with Crippen LogP contribution in [0.25, 0.3) is 0 Å². The van der Waals surface area contributed by atoms with Gasteiger partial charge in [0.2, 0.25) is 0 Å². The number of sulfonamides is 1. The minimum Gasteiger partial charge on any atom is -0.383 e. The Labute approximate surface area is 106 Å². The Morgan fingerprint density at radius 3 is 2.44 bits per heavy atom. The van der Waals surface area contributed by atoms with Gasteiger partial charge >= 0.3 is 6.03 Å². The van der Waals surface area contributed by atoms with Gasteiger partial charge in [0.1, 0.15) is 0 Å². The van der Waals surface area contributed by atoms with Crippen molar-refractivity contribution in [3.63, 3.8) is 0 Å². The number of amides is 2. The lowest BCUT2D eigenvalue weighted by Crippen LogP contribution is -2.40. The topological polar surface area (TPSA) is 84.5 Å². The first-order chi connectivity index (χ1) is 8.45. The maximum absolute atomic E-state index is 11.8. The molecule has 0 aliphatic heterocycles. The van der Waals surface area contributed by atoms with Crippen molar-refractivity contribution in [2.24, 2.45) is 0 Å². The van der Waals surface area contributed by atoms with E-state index in [0.717, 1.165) is 5.56 Å². The predicted octanol–water partition coefficient (Wildman–Crippen LogP) is 0.629. The first-order valence-corrected chi connectivity index (χ1v) is 6.80. The van der Waals surface area contributed by atoms with Crippen LogP contribution in [0.3, 0.4) is 0 Å². The highest BCUT2D eigenvalue weighted by Crippen LogP contribution is 2.09. The van der Waals surface area contributed by atoms with E-state index in [1.165, 1.54) is 19.2 Å². The molecule has 0 spiro atoms. The molecule has 6 nitrogen and oxygen atoms in total. The number of carbonyl (C=O) groups excluding carboxylic acids is 1. The number of benzene rings is 1. The fraction of sp³-hybridized carbons (Fsp3) is 0.364. The Hall–Kier alpha value is -1.60. The summed E-state index contributed by atoms with van der Waals surface area (Å²) in [7, 11) is -2.33. The number of urea groups is 1. The van der Waals surface area contributed by atoms with E-state index in [2.05, 4.69) is 5.32 Å². The summed E-state index contributed by atoms with van der Waals surface area (Å²) in [5.41, 5.74) is 0.943. The largest absolute Gasteiger partial charge is 0.383 e. The number of rotatable bonds is 5. The molecule has 100 valence electrons. The van der Waals surface area contributed by atoms with Crippen LogP contribution in [-0.4, -0.2) is 34.7 Å². The zero-order valence-corrected chi connectivity index (χ0v) is 11.1. The minimum absolute atomic E-state index is 0.0509. The average Bonchev–Trinajstić information content (AvgIpc) is 2.29. The molecule has 0 saturated carbocycles. The molecule has 18 heavy (non-hydrogen) atoms. The fourth-order valence-corrected chi connectivity index (χ4v) is 2.13. The second-order valence-corrected chi connectivity index (χ2v) is 5.35. The van der Waals surface area contributed by atoms with Crippen LogP contribution in [0.2, 0.25) is 0 Å². The molecule has 0 aliphatic rings. The van der Waals surface area contributed by atoms with E-state index in [-0.39, 0.29) is 11.4 Å². The van der Waals surface area contributed by atoms with Gasteiger partial charge in [0.15, 0.2) is 0 Å². The van der Waals surface area contributed by atoms with E-state index in [1.54, 1.807) is 12.1 Å². The van der Waals surface area contributed by atoms with Crippen molar-refractivity contribution in [3.8, 4) is 0 Å². The van der Waals surface area contributed by atoms with E-state index in [9.17, 15) is 13.2 Å². The maximum atomic E-state index is 11.8. The van der Waals surface area contributed by atoms with Crippen molar-refractivity contribution in [2.45, 2.75) is 11.8 Å². The van der Waals surface area contributed by atoms with E-state index >= 15 is 0 Å². The number of carbonyl (C=O) groups is 1. The molecule has 1 aromatic rings. The third kappa shape index (κ3) is 4.34. The molecular weight excluding hydrogens is 256 g/mol. The Bertz CT molecular complexity index is 496. The summed E-state index contributed by atoms with van der Waals surface area (Å²) in [6.07, 6.45) is 0. The van der Waals surface area contributed by atoms with Crippen molar-refractivity contribution in [1.29, 1.82) is 0 Å². The summed E-state index contributed by atoms with van der Waals surface area (Å²) in [6.45, 7) is 2.41. The SMILES string of the molecule is COCCNC(=O)NS(=O)(=O)c1ccc(C)cc1. The molecule has 1 aromatic carbocycles. The second kappa shape index (κ2) is 6.36. The van der Waals surface area contributed by atoms with Crippen LogP contribution in [0, 0.1) is 6.92 Å². The average molecular weight is 272 g/mol. The molecule has 0 heterocycles. The first-order valence-electron chi connectivity index (χ1n) is 5.32. The van der Waals surface area contributed by atoms with E-state index in [0.29, 0.717) is 6.61 Å². The maximum Gasteiger partial charge on any atom is 0.328 e. The molecular formula is C11H16N2O4S. The Kier molecular flexibility index (Phi) is 5.11. The molecule has 0 unspecified atom stereocenters. The standard InChI is InChI=1S/C11H16N2O4S/c1-9-3-5-10(6-4-9)18(15,16)13-11(14)12-7-8-17-2/h3-6H,7-8H2,1-2H3,(H2,12,13,14). The van der Waals surface area contributed by atoms with E-state index < -0.39 is 16.1 Å². The highest BCUT2D eigenvalue weighted by atomic mass is 32.2. The minimum atomic E-state index is -3.82. The van der Waals surface area contributed by atoms with Crippen LogP contribution >= 0.6 is 0 Å². The summed E-state index contributed by atoms with van der Waals surface area (Å²) in [6, 6.07) is 5.45. The molecule has 0 aromatic heterocycles. The molecule has 1 rings (SSSR count). The molecule has 0 fully saturated rings. The lowest BCUT2D eigenvalue weighted by molar-refractivity contribution is 0.197. The molecule has 0 atom stereocenters. The molecule has 7 heteroatoms. The van der Waals surface area contributed by atoms with Gasteiger partial charge in [-0.3, -0.25) is 0 Å². The predicted molar refractivity (Wildman–Crippen MR) is 66.8 cm³/mol. The lowest BCUT2D eigenvalue weighted by atomic mass is 10.2. The zero-order chi connectivity index (χ0) is 13.6. The van der Waals surface area contributed by atoms with Crippen LogP contribution in [-0.2, 0) is 14.8 Å². The highest BCUT2D eigenvalue weighted by molar-refractivity contribution is 7.90. The van der Waals surface area contributed by atoms with Crippen molar-refractivity contribution >= 4 is 16.1 Å². The molecule has 0 radical (unpaired) electrons. The molecule has 2 N–H and O–H groups in total. The first kappa shape index (κ1) is 14.5. The quantitative estimate of drug-likeness (QED) is 0.770. The monoisotopic (exact) mass is 272 g/mol. The smallest absolute Gasteiger partial charge is 0.328 e. The number of hydrogen-bond donors (Lipinski definition) is 2. The zero-order valence-electron chi connectivity index (χ0n) is 10.3. The van der Waals surface area contributed by atoms with Crippen molar-refractivity contribution in [3.05, 3.63) is 29.8 Å². The van der Waals surface area contributed by atoms with Gasteiger partial charge in [0.25, 0.3) is 10.0 Å². The van der Waals surface area contributed by atoms with Crippen LogP contribution < -0.4 is 10.0 Å². The number of aryl methyl sites for hydroxylation is 1. The molecule has 0 bridgehead atoms. The van der Waals surface area contributed by atoms with Crippen LogP contribution in [0.4, 0.5) is 4.79 Å². The Morgan fingerprint density at radius 2 is 1.89 bits per heavy atom. The number of methoxy groups -OCH3 is 1. The van der Waals surface area contributed by atoms with Crippen molar-refractivity contribution in [2.75, 3.05) is 20.3 Å². The fourth-order valence-electron chi connectivity index (χ4n) is 1.20. The van der Waals surface area contributed by atoms with Gasteiger partial charge < -0.3 is 10.1 Å². The molecule has 0 aliphatic carbocycles. The number of ether oxygens (including phenoxy) is 1. The number of hydrogen-bond acceptors (Lipinski definition) is 4. The Morgan fingerprint density at radius 1 is 1.28 bits per heavy atom. The van der Waals surface area contributed by atoms with E-state index in [1.807, 2.05) is 11.6 Å². The van der Waals surface area contributed by atoms with E-state index in [4.69, 9.17) is 4.74 Å². The summed E-state index contributed by atoms with van der Waals surface area (Å²) in [4.78, 5) is 11.4. The van der Waals surface area contributed by atoms with Gasteiger partial charge in [0.05, 0.1) is 11.5 Å². The van der Waals surface area contributed by atoms with Crippen molar-refractivity contribution < 1.29 is 17.9 Å². The van der Waals surface area contributed by atoms with Gasteiger partial charge in [-0.2, -0.15) is 0 Å². The summed E-state index contributed by atoms with van der Waals surface area (Å²) >= 11 is 0. The van der Waals surface area contributed by atoms with Crippen molar-refractivity contribution in [1.82, 2.24) is 10.0 Å². The second-order valence-electron chi connectivity index (χ2n) is 3.67. The third-order valence-corrected chi connectivity index (χ3v) is 3.50. The van der Waals surface area contributed by atoms with Gasteiger partial charge in [-0.25, -0.2) is 17.9 Å². The summed E-state index contributed by atoms with van der Waals surface area (Å²) in [5.74, 6) is 0. The molecule has 2 amide bonds. The summed E-state index contributed by atoms with van der Waals surface area (Å²) in [5, 5.41) is 2.37. The van der Waals surface area contributed by atoms with Gasteiger partial charge in [-0.15, -0.1) is 0 Å².